The van der Waals surface area contributed by atoms with E-state index in [0.29, 0.717) is 25.2 Å². The predicted molar refractivity (Wildman–Crippen MR) is 76.5 cm³/mol. The second kappa shape index (κ2) is 5.27. The third kappa shape index (κ3) is 2.53. The number of tetrazole rings is 1. The van der Waals surface area contributed by atoms with E-state index in [4.69, 9.17) is 0 Å². The molecule has 1 aromatic heterocycles. The van der Waals surface area contributed by atoms with E-state index >= 15 is 0 Å². The van der Waals surface area contributed by atoms with Gasteiger partial charge < -0.3 is 5.11 Å². The summed E-state index contributed by atoms with van der Waals surface area (Å²) >= 11 is 0. The molecule has 1 N–H and O–H groups in total. The highest BCUT2D eigenvalue weighted by Gasteiger charge is 2.42. The Hall–Kier alpha value is -2.24. The molecule has 2 aromatic rings. The largest absolute Gasteiger partial charge is 0.481 e. The van der Waals surface area contributed by atoms with Gasteiger partial charge in [0, 0.05) is 5.56 Å². The number of carboxylic acid groups (broad SMARTS) is 1. The molecule has 0 saturated heterocycles. The van der Waals surface area contributed by atoms with E-state index in [1.165, 1.54) is 0 Å². The van der Waals surface area contributed by atoms with Gasteiger partial charge in [0.05, 0.1) is 12.0 Å². The van der Waals surface area contributed by atoms with Crippen molar-refractivity contribution in [2.24, 2.45) is 5.41 Å². The smallest absolute Gasteiger partial charge is 0.311 e. The molecule has 0 atom stereocenters. The Labute approximate surface area is 122 Å². The molecule has 0 spiro atoms. The molecule has 0 unspecified atom stereocenters. The van der Waals surface area contributed by atoms with Crippen LogP contribution >= 0.6 is 0 Å². The average molecular weight is 286 g/mol. The number of benzene rings is 1. The first-order valence-electron chi connectivity index (χ1n) is 7.17. The summed E-state index contributed by atoms with van der Waals surface area (Å²) in [6.07, 6.45) is 3.29. The normalized spacial score (nSPS) is 17.0. The number of aliphatic carboxylic acids is 1. The summed E-state index contributed by atoms with van der Waals surface area (Å²) in [5.41, 5.74) is 1.31. The van der Waals surface area contributed by atoms with Crippen LogP contribution in [0, 0.1) is 12.3 Å². The molecule has 1 aliphatic rings. The summed E-state index contributed by atoms with van der Waals surface area (Å²) in [5.74, 6) is -0.114. The number of aryl methyl sites for hydroxylation is 1. The summed E-state index contributed by atoms with van der Waals surface area (Å²) in [7, 11) is 0. The maximum atomic E-state index is 11.7. The van der Waals surface area contributed by atoms with Crippen molar-refractivity contribution in [1.82, 2.24) is 20.2 Å². The molecule has 1 saturated carbocycles. The number of nitrogens with zero attached hydrogens (tertiary/aromatic N) is 4. The zero-order valence-electron chi connectivity index (χ0n) is 12.0. The maximum absolute atomic E-state index is 11.7. The molecular formula is C15H18N4O2. The number of aromatic nitrogens is 4. The summed E-state index contributed by atoms with van der Waals surface area (Å²) in [6.45, 7) is 2.34. The van der Waals surface area contributed by atoms with Crippen LogP contribution in [0.2, 0.25) is 0 Å². The molecule has 1 aromatic carbocycles. The van der Waals surface area contributed by atoms with Gasteiger partial charge in [-0.15, -0.1) is 5.10 Å². The zero-order chi connectivity index (χ0) is 14.9. The molecular weight excluding hydrogens is 268 g/mol. The minimum atomic E-state index is -0.745. The Bertz CT molecular complexity index is 659. The molecule has 3 rings (SSSR count). The van der Waals surface area contributed by atoms with Crippen molar-refractivity contribution in [2.45, 2.75) is 39.2 Å². The van der Waals surface area contributed by atoms with Gasteiger partial charge in [-0.1, -0.05) is 36.6 Å². The van der Waals surface area contributed by atoms with Crippen molar-refractivity contribution >= 4 is 5.97 Å². The lowest BCUT2D eigenvalue weighted by atomic mass is 9.86. The Morgan fingerprint density at radius 2 is 2.14 bits per heavy atom. The SMILES string of the molecule is Cc1cccc(-c2nnnn2CC2(C(=O)O)CCCC2)c1. The second-order valence-corrected chi connectivity index (χ2v) is 5.82. The van der Waals surface area contributed by atoms with Crippen LogP contribution in [0.5, 0.6) is 0 Å². The van der Waals surface area contributed by atoms with Crippen LogP contribution in [-0.2, 0) is 11.3 Å². The maximum Gasteiger partial charge on any atom is 0.311 e. The zero-order valence-corrected chi connectivity index (χ0v) is 12.0. The fourth-order valence-electron chi connectivity index (χ4n) is 3.08. The highest BCUT2D eigenvalue weighted by Crippen LogP contribution is 2.40. The van der Waals surface area contributed by atoms with E-state index in [0.717, 1.165) is 24.0 Å². The quantitative estimate of drug-likeness (QED) is 0.932. The van der Waals surface area contributed by atoms with E-state index in [-0.39, 0.29) is 0 Å². The number of hydrogen-bond acceptors (Lipinski definition) is 4. The molecule has 0 aliphatic heterocycles. The van der Waals surface area contributed by atoms with Gasteiger partial charge in [-0.2, -0.15) is 0 Å². The highest BCUT2D eigenvalue weighted by atomic mass is 16.4. The Kier molecular flexibility index (Phi) is 3.45. The molecule has 1 heterocycles. The molecule has 0 bridgehead atoms. The molecule has 0 radical (unpaired) electrons. The Morgan fingerprint density at radius 1 is 1.38 bits per heavy atom. The number of hydrogen-bond donors (Lipinski definition) is 1. The Morgan fingerprint density at radius 3 is 2.81 bits per heavy atom. The third-order valence-electron chi connectivity index (χ3n) is 4.27. The number of carbonyl (C=O) groups is 1. The van der Waals surface area contributed by atoms with Crippen LogP contribution in [0.15, 0.2) is 24.3 Å². The second-order valence-electron chi connectivity index (χ2n) is 5.82. The van der Waals surface area contributed by atoms with Gasteiger partial charge >= 0.3 is 5.97 Å². The van der Waals surface area contributed by atoms with Crippen molar-refractivity contribution in [3.8, 4) is 11.4 Å². The van der Waals surface area contributed by atoms with Crippen LogP contribution in [0.1, 0.15) is 31.2 Å². The summed E-state index contributed by atoms with van der Waals surface area (Å²) in [5, 5.41) is 21.4. The standard InChI is InChI=1S/C15H18N4O2/c1-11-5-4-6-12(9-11)13-16-17-18-19(13)10-15(14(20)21)7-2-3-8-15/h4-6,9H,2-3,7-8,10H2,1H3,(H,20,21). The first kappa shape index (κ1) is 13.7. The highest BCUT2D eigenvalue weighted by molar-refractivity contribution is 5.75. The molecule has 6 nitrogen and oxygen atoms in total. The van der Waals surface area contributed by atoms with Gasteiger partial charge in [-0.05, 0) is 36.3 Å². The van der Waals surface area contributed by atoms with E-state index < -0.39 is 11.4 Å². The predicted octanol–water partition coefficient (Wildman–Crippen LogP) is 2.29. The fourth-order valence-corrected chi connectivity index (χ4v) is 3.08. The van der Waals surface area contributed by atoms with Crippen LogP contribution in [-0.4, -0.2) is 31.3 Å². The van der Waals surface area contributed by atoms with E-state index in [1.807, 2.05) is 31.2 Å². The monoisotopic (exact) mass is 286 g/mol. The summed E-state index contributed by atoms with van der Waals surface area (Å²) in [6, 6.07) is 7.90. The minimum absolute atomic E-state index is 0.332. The minimum Gasteiger partial charge on any atom is -0.481 e. The van der Waals surface area contributed by atoms with Crippen LogP contribution < -0.4 is 0 Å². The van der Waals surface area contributed by atoms with Crippen molar-refractivity contribution in [1.29, 1.82) is 0 Å². The van der Waals surface area contributed by atoms with Gasteiger partial charge in [0.15, 0.2) is 5.82 Å². The molecule has 1 aliphatic carbocycles. The van der Waals surface area contributed by atoms with Crippen molar-refractivity contribution in [3.63, 3.8) is 0 Å². The fraction of sp³-hybridized carbons (Fsp3) is 0.467. The van der Waals surface area contributed by atoms with E-state index in [1.54, 1.807) is 4.68 Å². The van der Waals surface area contributed by atoms with E-state index in [2.05, 4.69) is 15.5 Å². The lowest BCUT2D eigenvalue weighted by Crippen LogP contribution is -2.33. The molecule has 6 heteroatoms. The Balaban J connectivity index is 1.94. The molecule has 110 valence electrons. The lowest BCUT2D eigenvalue weighted by Gasteiger charge is -2.23. The average Bonchev–Trinajstić information content (AvgIpc) is 3.09. The molecule has 0 amide bonds. The van der Waals surface area contributed by atoms with Gasteiger partial charge in [-0.3, -0.25) is 4.79 Å². The third-order valence-corrected chi connectivity index (χ3v) is 4.27. The van der Waals surface area contributed by atoms with Crippen LogP contribution in [0.25, 0.3) is 11.4 Å². The van der Waals surface area contributed by atoms with Gasteiger partial charge in [0.2, 0.25) is 0 Å². The first-order chi connectivity index (χ1) is 10.1. The number of rotatable bonds is 4. The first-order valence-corrected chi connectivity index (χ1v) is 7.17. The van der Waals surface area contributed by atoms with Crippen molar-refractivity contribution < 1.29 is 9.90 Å². The van der Waals surface area contributed by atoms with Crippen molar-refractivity contribution in [3.05, 3.63) is 29.8 Å². The van der Waals surface area contributed by atoms with Crippen molar-refractivity contribution in [2.75, 3.05) is 0 Å². The summed E-state index contributed by atoms with van der Waals surface area (Å²) in [4.78, 5) is 11.7. The lowest BCUT2D eigenvalue weighted by molar-refractivity contribution is -0.149. The van der Waals surface area contributed by atoms with Crippen LogP contribution in [0.3, 0.4) is 0 Å². The van der Waals surface area contributed by atoms with Gasteiger partial charge in [0.1, 0.15) is 0 Å². The van der Waals surface area contributed by atoms with Gasteiger partial charge in [-0.25, -0.2) is 4.68 Å². The number of carboxylic acids is 1. The van der Waals surface area contributed by atoms with E-state index in [9.17, 15) is 9.90 Å². The van der Waals surface area contributed by atoms with Gasteiger partial charge in [0.25, 0.3) is 0 Å². The summed E-state index contributed by atoms with van der Waals surface area (Å²) < 4.78 is 1.63. The molecule has 21 heavy (non-hydrogen) atoms. The van der Waals surface area contributed by atoms with Crippen LogP contribution in [0.4, 0.5) is 0 Å². The molecule has 1 fully saturated rings. The topological polar surface area (TPSA) is 80.9 Å².